The normalized spacial score (nSPS) is 18.3. The fourth-order valence-electron chi connectivity index (χ4n) is 3.19. The van der Waals surface area contributed by atoms with Crippen molar-refractivity contribution in [1.29, 1.82) is 0 Å². The van der Waals surface area contributed by atoms with Crippen molar-refractivity contribution in [2.75, 3.05) is 20.8 Å². The topological polar surface area (TPSA) is 72.9 Å². The van der Waals surface area contributed by atoms with Crippen LogP contribution in [0.3, 0.4) is 0 Å². The van der Waals surface area contributed by atoms with Crippen LogP contribution in [0.1, 0.15) is 44.2 Å². The molecule has 0 fully saturated rings. The SMILES string of the molecule is CCCC(=O)SC1=C(CC(=O)OC)CN([C@H](C(=O)OC)c2ccccc2)C(F)C1. The van der Waals surface area contributed by atoms with E-state index >= 15 is 4.39 Å². The van der Waals surface area contributed by atoms with Crippen molar-refractivity contribution in [2.45, 2.75) is 44.9 Å². The Morgan fingerprint density at radius 1 is 1.21 bits per heavy atom. The molecule has 0 aliphatic carbocycles. The van der Waals surface area contributed by atoms with Gasteiger partial charge in [-0.1, -0.05) is 49.0 Å². The average Bonchev–Trinajstić information content (AvgIpc) is 2.71. The first-order valence-electron chi connectivity index (χ1n) is 9.42. The lowest BCUT2D eigenvalue weighted by atomic mass is 9.99. The summed E-state index contributed by atoms with van der Waals surface area (Å²) < 4.78 is 24.9. The van der Waals surface area contributed by atoms with Gasteiger partial charge in [0.05, 0.1) is 20.6 Å². The summed E-state index contributed by atoms with van der Waals surface area (Å²) in [5, 5.41) is -0.0712. The minimum atomic E-state index is -1.50. The van der Waals surface area contributed by atoms with Crippen LogP contribution < -0.4 is 0 Å². The van der Waals surface area contributed by atoms with E-state index in [0.717, 1.165) is 11.8 Å². The summed E-state index contributed by atoms with van der Waals surface area (Å²) in [6.45, 7) is 1.91. The third kappa shape index (κ3) is 6.14. The Labute approximate surface area is 174 Å². The standard InChI is InChI=1S/C21H26FNO5S/c1-4-8-19(25)29-16-12-17(22)23(13-15(16)11-18(24)27-2)20(21(26)28-3)14-9-6-5-7-10-14/h5-7,9-10,17,20H,4,8,11-13H2,1-3H3/t17?,20-/m0/s1. The fourth-order valence-corrected chi connectivity index (χ4v) is 4.28. The van der Waals surface area contributed by atoms with E-state index in [1.807, 2.05) is 6.92 Å². The van der Waals surface area contributed by atoms with Crippen LogP contribution in [-0.4, -0.2) is 49.0 Å². The zero-order valence-corrected chi connectivity index (χ0v) is 17.7. The van der Waals surface area contributed by atoms with Crippen LogP contribution in [0, 0.1) is 0 Å². The number of hydrogen-bond acceptors (Lipinski definition) is 7. The van der Waals surface area contributed by atoms with Gasteiger partial charge in [0.25, 0.3) is 0 Å². The van der Waals surface area contributed by atoms with Gasteiger partial charge < -0.3 is 9.47 Å². The summed E-state index contributed by atoms with van der Waals surface area (Å²) >= 11 is 0.983. The molecular weight excluding hydrogens is 397 g/mol. The van der Waals surface area contributed by atoms with Crippen LogP contribution in [0.25, 0.3) is 0 Å². The number of thioether (sulfide) groups is 1. The van der Waals surface area contributed by atoms with E-state index in [9.17, 15) is 14.4 Å². The van der Waals surface area contributed by atoms with E-state index in [0.29, 0.717) is 28.9 Å². The Hall–Kier alpha value is -2.19. The number of ether oxygens (including phenoxy) is 2. The molecule has 0 saturated heterocycles. The van der Waals surface area contributed by atoms with Gasteiger partial charge in [-0.25, -0.2) is 9.18 Å². The van der Waals surface area contributed by atoms with Crippen molar-refractivity contribution in [3.63, 3.8) is 0 Å². The first-order valence-corrected chi connectivity index (χ1v) is 10.2. The van der Waals surface area contributed by atoms with Crippen LogP contribution >= 0.6 is 11.8 Å². The molecule has 0 N–H and O–H groups in total. The molecule has 2 rings (SSSR count). The molecule has 1 aliphatic rings. The molecule has 2 atom stereocenters. The third-order valence-corrected chi connectivity index (χ3v) is 5.76. The Morgan fingerprint density at radius 2 is 1.90 bits per heavy atom. The first-order chi connectivity index (χ1) is 13.9. The average molecular weight is 424 g/mol. The number of esters is 2. The van der Waals surface area contributed by atoms with Gasteiger partial charge >= 0.3 is 11.9 Å². The molecule has 0 aromatic heterocycles. The van der Waals surface area contributed by atoms with Crippen LogP contribution in [0.5, 0.6) is 0 Å². The van der Waals surface area contributed by atoms with E-state index in [2.05, 4.69) is 0 Å². The monoisotopic (exact) mass is 423 g/mol. The van der Waals surface area contributed by atoms with Crippen molar-refractivity contribution < 1.29 is 28.2 Å². The van der Waals surface area contributed by atoms with Crippen molar-refractivity contribution in [1.82, 2.24) is 4.90 Å². The predicted octanol–water partition coefficient (Wildman–Crippen LogP) is 3.78. The molecule has 1 aromatic rings. The number of nitrogens with zero attached hydrogens (tertiary/aromatic N) is 1. The summed E-state index contributed by atoms with van der Waals surface area (Å²) in [5.74, 6) is -1.07. The second-order valence-corrected chi connectivity index (χ2v) is 7.80. The number of carbonyl (C=O) groups excluding carboxylic acids is 3. The fraction of sp³-hybridized carbons (Fsp3) is 0.476. The van der Waals surface area contributed by atoms with Gasteiger partial charge in [-0.05, 0) is 22.5 Å². The molecule has 0 amide bonds. The minimum absolute atomic E-state index is 0.0205. The Kier molecular flexibility index (Phi) is 8.85. The predicted molar refractivity (Wildman–Crippen MR) is 109 cm³/mol. The zero-order chi connectivity index (χ0) is 21.4. The minimum Gasteiger partial charge on any atom is -0.469 e. The highest BCUT2D eigenvalue weighted by atomic mass is 32.2. The van der Waals surface area contributed by atoms with Crippen LogP contribution in [-0.2, 0) is 23.9 Å². The molecule has 1 heterocycles. The molecule has 0 radical (unpaired) electrons. The molecule has 8 heteroatoms. The molecule has 158 valence electrons. The quantitative estimate of drug-likeness (QED) is 0.465. The second kappa shape index (κ2) is 11.1. The Balaban J connectivity index is 2.38. The van der Waals surface area contributed by atoms with Gasteiger partial charge in [-0.2, -0.15) is 0 Å². The van der Waals surface area contributed by atoms with E-state index in [4.69, 9.17) is 9.47 Å². The molecule has 0 spiro atoms. The molecule has 0 saturated carbocycles. The number of alkyl halides is 1. The van der Waals surface area contributed by atoms with Gasteiger partial charge in [-0.15, -0.1) is 0 Å². The van der Waals surface area contributed by atoms with E-state index in [-0.39, 0.29) is 24.5 Å². The third-order valence-electron chi connectivity index (χ3n) is 4.63. The van der Waals surface area contributed by atoms with Crippen LogP contribution in [0.4, 0.5) is 4.39 Å². The van der Waals surface area contributed by atoms with Gasteiger partial charge in [0, 0.05) is 19.4 Å². The zero-order valence-electron chi connectivity index (χ0n) is 16.9. The number of hydrogen-bond donors (Lipinski definition) is 0. The number of carbonyl (C=O) groups is 3. The van der Waals surface area contributed by atoms with Crippen molar-refractivity contribution in [3.05, 3.63) is 46.4 Å². The molecule has 1 aliphatic heterocycles. The number of rotatable bonds is 8. The number of methoxy groups -OCH3 is 2. The maximum atomic E-state index is 15.2. The van der Waals surface area contributed by atoms with Crippen LogP contribution in [0.2, 0.25) is 0 Å². The van der Waals surface area contributed by atoms with Crippen molar-refractivity contribution in [3.8, 4) is 0 Å². The van der Waals surface area contributed by atoms with E-state index < -0.39 is 24.3 Å². The lowest BCUT2D eigenvalue weighted by Crippen LogP contribution is -2.44. The van der Waals surface area contributed by atoms with Gasteiger partial charge in [0.1, 0.15) is 6.04 Å². The van der Waals surface area contributed by atoms with Crippen molar-refractivity contribution >= 4 is 28.8 Å². The highest BCUT2D eigenvalue weighted by Gasteiger charge is 2.38. The van der Waals surface area contributed by atoms with Gasteiger partial charge in [0.15, 0.2) is 11.4 Å². The lowest BCUT2D eigenvalue weighted by Gasteiger charge is -2.37. The number of halogens is 1. The summed E-state index contributed by atoms with van der Waals surface area (Å²) in [4.78, 5) is 38.4. The molecule has 1 aromatic carbocycles. The lowest BCUT2D eigenvalue weighted by molar-refractivity contribution is -0.150. The molecule has 0 bridgehead atoms. The van der Waals surface area contributed by atoms with E-state index in [1.165, 1.54) is 19.1 Å². The van der Waals surface area contributed by atoms with Gasteiger partial charge in [-0.3, -0.25) is 14.5 Å². The molecule has 29 heavy (non-hydrogen) atoms. The first kappa shape index (κ1) is 23.1. The van der Waals surface area contributed by atoms with Crippen molar-refractivity contribution in [2.24, 2.45) is 0 Å². The Morgan fingerprint density at radius 3 is 2.48 bits per heavy atom. The van der Waals surface area contributed by atoms with E-state index in [1.54, 1.807) is 30.3 Å². The largest absolute Gasteiger partial charge is 0.469 e. The second-order valence-electron chi connectivity index (χ2n) is 6.65. The molecular formula is C21H26FNO5S. The smallest absolute Gasteiger partial charge is 0.327 e. The van der Waals surface area contributed by atoms with Gasteiger partial charge in [0.2, 0.25) is 0 Å². The summed E-state index contributed by atoms with van der Waals surface area (Å²) in [7, 11) is 2.53. The van der Waals surface area contributed by atoms with Crippen LogP contribution in [0.15, 0.2) is 40.8 Å². The highest BCUT2D eigenvalue weighted by molar-refractivity contribution is 8.16. The maximum Gasteiger partial charge on any atom is 0.327 e. The maximum absolute atomic E-state index is 15.2. The molecule has 6 nitrogen and oxygen atoms in total. The highest BCUT2D eigenvalue weighted by Crippen LogP contribution is 2.39. The molecule has 1 unspecified atom stereocenters. The summed E-state index contributed by atoms with van der Waals surface area (Å²) in [6, 6.07) is 7.83. The summed E-state index contributed by atoms with van der Waals surface area (Å²) in [5.41, 5.74) is 1.18. The summed E-state index contributed by atoms with van der Waals surface area (Å²) in [6.07, 6.45) is -0.584. The Bertz CT molecular complexity index is 768. The number of benzene rings is 1.